The van der Waals surface area contributed by atoms with Gasteiger partial charge in [0.15, 0.2) is 17.5 Å². The van der Waals surface area contributed by atoms with Crippen molar-refractivity contribution in [2.45, 2.75) is 44.9 Å². The fourth-order valence-corrected chi connectivity index (χ4v) is 8.49. The van der Waals surface area contributed by atoms with Crippen molar-refractivity contribution < 1.29 is 0 Å². The molecule has 2 heterocycles. The summed E-state index contributed by atoms with van der Waals surface area (Å²) in [7, 11) is 0. The van der Waals surface area contributed by atoms with E-state index in [-0.39, 0.29) is 10.8 Å². The molecule has 7 aromatic rings. The van der Waals surface area contributed by atoms with Crippen molar-refractivity contribution in [3.63, 3.8) is 0 Å². The Morgan fingerprint density at radius 3 is 1.82 bits per heavy atom. The van der Waals surface area contributed by atoms with Crippen LogP contribution in [0.25, 0.3) is 65.5 Å². The van der Waals surface area contributed by atoms with Crippen molar-refractivity contribution in [3.05, 3.63) is 126 Å². The Morgan fingerprint density at radius 2 is 1.07 bits per heavy atom. The van der Waals surface area contributed by atoms with Gasteiger partial charge in [0.1, 0.15) is 0 Å². The molecule has 0 aliphatic heterocycles. The van der Waals surface area contributed by atoms with Crippen LogP contribution in [0.3, 0.4) is 0 Å². The van der Waals surface area contributed by atoms with Gasteiger partial charge in [0.2, 0.25) is 0 Å². The lowest BCUT2D eigenvalue weighted by molar-refractivity contribution is 0.403. The third kappa shape index (κ3) is 4.44. The lowest BCUT2D eigenvalue weighted by atomic mass is 9.82. The normalized spacial score (nSPS) is 15.1. The van der Waals surface area contributed by atoms with Crippen molar-refractivity contribution in [1.82, 2.24) is 15.0 Å². The third-order valence-corrected chi connectivity index (χ3v) is 10.4. The van der Waals surface area contributed by atoms with E-state index in [1.54, 1.807) is 0 Å². The molecule has 0 unspecified atom stereocenters. The second kappa shape index (κ2) is 9.93. The Labute approximate surface area is 262 Å². The average Bonchev–Trinajstić information content (AvgIpc) is 3.52. The van der Waals surface area contributed by atoms with Crippen molar-refractivity contribution in [2.75, 3.05) is 0 Å². The molecule has 214 valence electrons. The highest BCUT2D eigenvalue weighted by Gasteiger charge is 2.41. The van der Waals surface area contributed by atoms with Gasteiger partial charge in [-0.1, -0.05) is 131 Å². The molecule has 1 aliphatic carbocycles. The van der Waals surface area contributed by atoms with E-state index in [2.05, 4.69) is 125 Å². The molecule has 0 spiro atoms. The summed E-state index contributed by atoms with van der Waals surface area (Å²) in [5, 5.41) is 2.62. The summed E-state index contributed by atoms with van der Waals surface area (Å²) < 4.78 is 2.63. The molecule has 0 radical (unpaired) electrons. The molecule has 44 heavy (non-hydrogen) atoms. The van der Waals surface area contributed by atoms with Gasteiger partial charge in [-0.25, -0.2) is 15.0 Å². The summed E-state index contributed by atoms with van der Waals surface area (Å²) in [5.41, 5.74) is 8.49. The van der Waals surface area contributed by atoms with E-state index in [0.29, 0.717) is 17.5 Å². The van der Waals surface area contributed by atoms with E-state index in [9.17, 15) is 0 Å². The van der Waals surface area contributed by atoms with Gasteiger partial charge in [-0.2, -0.15) is 0 Å². The van der Waals surface area contributed by atoms with Gasteiger partial charge < -0.3 is 0 Å². The van der Waals surface area contributed by atoms with Crippen LogP contribution >= 0.6 is 11.3 Å². The fourth-order valence-electron chi connectivity index (χ4n) is 7.25. The highest BCUT2D eigenvalue weighted by atomic mass is 32.1. The minimum Gasteiger partial charge on any atom is -0.208 e. The summed E-state index contributed by atoms with van der Waals surface area (Å²) >= 11 is 1.86. The molecule has 5 aromatic carbocycles. The van der Waals surface area contributed by atoms with E-state index in [1.807, 2.05) is 29.5 Å². The second-order valence-electron chi connectivity index (χ2n) is 13.2. The number of thiophene rings is 1. The van der Waals surface area contributed by atoms with Gasteiger partial charge in [-0.05, 0) is 51.6 Å². The van der Waals surface area contributed by atoms with Gasteiger partial charge in [0.05, 0.1) is 0 Å². The van der Waals surface area contributed by atoms with Crippen LogP contribution in [0.1, 0.15) is 45.2 Å². The first kappa shape index (κ1) is 26.9. The molecular formula is C40H33N3S. The highest BCUT2D eigenvalue weighted by Crippen LogP contribution is 2.50. The summed E-state index contributed by atoms with van der Waals surface area (Å²) in [5.74, 6) is 2.07. The molecule has 0 bridgehead atoms. The molecule has 2 aromatic heterocycles. The Hall–Kier alpha value is -4.67. The number of hydrogen-bond acceptors (Lipinski definition) is 4. The summed E-state index contributed by atoms with van der Waals surface area (Å²) in [6.45, 7) is 9.39. The molecule has 8 rings (SSSR count). The average molecular weight is 588 g/mol. The Balaban J connectivity index is 1.24. The van der Waals surface area contributed by atoms with Crippen LogP contribution in [0.4, 0.5) is 0 Å². The van der Waals surface area contributed by atoms with Crippen LogP contribution in [-0.2, 0) is 10.8 Å². The SMILES string of the molecule is CC1(C)CC(C)(C)c2cc(-c3nc(-c4ccccc4)nc(-c4ccc(-c5cccc6c5sc5ccccc56)cc4)n3)ccc21. The largest absolute Gasteiger partial charge is 0.208 e. The predicted octanol–water partition coefficient (Wildman–Crippen LogP) is 10.9. The monoisotopic (exact) mass is 587 g/mol. The lowest BCUT2D eigenvalue weighted by Crippen LogP contribution is -2.17. The van der Waals surface area contributed by atoms with Crippen molar-refractivity contribution >= 4 is 31.5 Å². The third-order valence-electron chi connectivity index (χ3n) is 9.15. The number of nitrogens with zero attached hydrogens (tertiary/aromatic N) is 3. The van der Waals surface area contributed by atoms with E-state index in [4.69, 9.17) is 15.0 Å². The van der Waals surface area contributed by atoms with Crippen molar-refractivity contribution in [1.29, 1.82) is 0 Å². The summed E-state index contributed by atoms with van der Waals surface area (Å²) in [4.78, 5) is 15.1. The van der Waals surface area contributed by atoms with Gasteiger partial charge in [-0.3, -0.25) is 0 Å². The molecule has 1 aliphatic rings. The maximum absolute atomic E-state index is 5.07. The maximum Gasteiger partial charge on any atom is 0.164 e. The molecule has 0 atom stereocenters. The molecule has 0 fully saturated rings. The smallest absolute Gasteiger partial charge is 0.164 e. The maximum atomic E-state index is 5.07. The van der Waals surface area contributed by atoms with E-state index in [1.165, 1.54) is 42.4 Å². The van der Waals surface area contributed by atoms with Gasteiger partial charge in [-0.15, -0.1) is 11.3 Å². The predicted molar refractivity (Wildman–Crippen MR) is 185 cm³/mol. The Morgan fingerprint density at radius 1 is 0.500 bits per heavy atom. The molecule has 4 heteroatoms. The number of benzene rings is 5. The Kier molecular flexibility index (Phi) is 6.08. The fraction of sp³-hybridized carbons (Fsp3) is 0.175. The molecule has 0 amide bonds. The van der Waals surface area contributed by atoms with Crippen molar-refractivity contribution in [3.8, 4) is 45.3 Å². The standard InChI is InChI=1S/C40H33N3S/c1-39(2)24-40(3,4)33-23-28(21-22-32(33)39)38-42-36(26-11-6-5-7-12-26)41-37(43-38)27-19-17-25(18-20-27)29-14-10-15-31-30-13-8-9-16-34(30)44-35(29)31/h5-23H,24H2,1-4H3. The van der Waals surface area contributed by atoms with Crippen molar-refractivity contribution in [2.24, 2.45) is 0 Å². The van der Waals surface area contributed by atoms with Crippen LogP contribution in [0.15, 0.2) is 115 Å². The van der Waals surface area contributed by atoms with Crippen LogP contribution in [0.2, 0.25) is 0 Å². The number of rotatable bonds is 4. The first-order valence-corrected chi connectivity index (χ1v) is 16.1. The zero-order valence-corrected chi connectivity index (χ0v) is 26.2. The topological polar surface area (TPSA) is 38.7 Å². The van der Waals surface area contributed by atoms with E-state index in [0.717, 1.165) is 23.1 Å². The lowest BCUT2D eigenvalue weighted by Gasteiger charge is -2.22. The van der Waals surface area contributed by atoms with E-state index < -0.39 is 0 Å². The minimum absolute atomic E-state index is 0.0973. The molecule has 3 nitrogen and oxygen atoms in total. The van der Waals surface area contributed by atoms with E-state index >= 15 is 0 Å². The quantitative estimate of drug-likeness (QED) is 0.206. The molecule has 0 saturated heterocycles. The van der Waals surface area contributed by atoms with Gasteiger partial charge >= 0.3 is 0 Å². The molecule has 0 N–H and O–H groups in total. The molecular weight excluding hydrogens is 555 g/mol. The second-order valence-corrected chi connectivity index (χ2v) is 14.3. The Bertz CT molecular complexity index is 2190. The highest BCUT2D eigenvalue weighted by molar-refractivity contribution is 7.26. The zero-order chi connectivity index (χ0) is 30.1. The number of aromatic nitrogens is 3. The van der Waals surface area contributed by atoms with Crippen LogP contribution in [-0.4, -0.2) is 15.0 Å². The first-order valence-electron chi connectivity index (χ1n) is 15.2. The van der Waals surface area contributed by atoms with Gasteiger partial charge in [0.25, 0.3) is 0 Å². The van der Waals surface area contributed by atoms with Crippen LogP contribution in [0, 0.1) is 0 Å². The summed E-state index contributed by atoms with van der Waals surface area (Å²) in [6, 6.07) is 40.9. The first-order chi connectivity index (χ1) is 21.3. The molecule has 0 saturated carbocycles. The van der Waals surface area contributed by atoms with Crippen LogP contribution < -0.4 is 0 Å². The minimum atomic E-state index is 0.0973. The van der Waals surface area contributed by atoms with Gasteiger partial charge in [0, 0.05) is 36.9 Å². The van der Waals surface area contributed by atoms with Crippen LogP contribution in [0.5, 0.6) is 0 Å². The summed E-state index contributed by atoms with van der Waals surface area (Å²) in [6.07, 6.45) is 1.12. The number of fused-ring (bicyclic) bond motifs is 4. The number of hydrogen-bond donors (Lipinski definition) is 0. The zero-order valence-electron chi connectivity index (χ0n) is 25.4.